The van der Waals surface area contributed by atoms with Gasteiger partial charge in [-0.05, 0) is 24.1 Å². The van der Waals surface area contributed by atoms with Crippen molar-refractivity contribution in [1.82, 2.24) is 0 Å². The summed E-state index contributed by atoms with van der Waals surface area (Å²) in [7, 11) is 0. The normalized spacial score (nSPS) is 11.2. The fourth-order valence-corrected chi connectivity index (χ4v) is 2.48. The fourth-order valence-electron chi connectivity index (χ4n) is 2.48. The Morgan fingerprint density at radius 1 is 1.05 bits per heavy atom. The number of carbonyl (C=O) groups is 1. The van der Waals surface area contributed by atoms with Gasteiger partial charge in [0.15, 0.2) is 0 Å². The Hall–Kier alpha value is -2.09. The van der Waals surface area contributed by atoms with Gasteiger partial charge in [0, 0.05) is 18.0 Å². The van der Waals surface area contributed by atoms with Gasteiger partial charge in [0.1, 0.15) is 0 Å². The van der Waals surface area contributed by atoms with Gasteiger partial charge in [0.05, 0.1) is 0 Å². The van der Waals surface area contributed by atoms with E-state index in [1.54, 1.807) is 6.92 Å². The standard InChI is InChI=1S/C18H21NO/c1-13-10-11-17(19-14(2)20)16(12-13)18(3,4)15-8-6-5-7-9-15/h5-12H,1-4H3,(H,19,20). The van der Waals surface area contributed by atoms with E-state index in [-0.39, 0.29) is 11.3 Å². The van der Waals surface area contributed by atoms with Gasteiger partial charge < -0.3 is 5.32 Å². The van der Waals surface area contributed by atoms with Gasteiger partial charge in [0.25, 0.3) is 0 Å². The van der Waals surface area contributed by atoms with E-state index < -0.39 is 0 Å². The molecule has 2 rings (SSSR count). The predicted molar refractivity (Wildman–Crippen MR) is 84.1 cm³/mol. The van der Waals surface area contributed by atoms with Crippen molar-refractivity contribution in [2.75, 3.05) is 5.32 Å². The molecule has 20 heavy (non-hydrogen) atoms. The zero-order valence-corrected chi connectivity index (χ0v) is 12.5. The van der Waals surface area contributed by atoms with Crippen LogP contribution in [0.2, 0.25) is 0 Å². The van der Waals surface area contributed by atoms with Crippen LogP contribution in [-0.2, 0) is 10.2 Å². The predicted octanol–water partition coefficient (Wildman–Crippen LogP) is 4.28. The molecule has 1 amide bonds. The summed E-state index contributed by atoms with van der Waals surface area (Å²) in [5.74, 6) is -0.0426. The summed E-state index contributed by atoms with van der Waals surface area (Å²) in [4.78, 5) is 11.4. The van der Waals surface area contributed by atoms with Crippen LogP contribution in [0.3, 0.4) is 0 Å². The summed E-state index contributed by atoms with van der Waals surface area (Å²) >= 11 is 0. The number of aryl methyl sites for hydroxylation is 1. The Balaban J connectivity index is 2.55. The Morgan fingerprint density at radius 2 is 1.70 bits per heavy atom. The van der Waals surface area contributed by atoms with E-state index in [1.165, 1.54) is 11.1 Å². The monoisotopic (exact) mass is 267 g/mol. The van der Waals surface area contributed by atoms with Crippen LogP contribution in [0.15, 0.2) is 48.5 Å². The van der Waals surface area contributed by atoms with Gasteiger partial charge in [-0.3, -0.25) is 4.79 Å². The maximum absolute atomic E-state index is 11.4. The van der Waals surface area contributed by atoms with Gasteiger partial charge in [0.2, 0.25) is 5.91 Å². The first-order valence-electron chi connectivity index (χ1n) is 6.85. The molecule has 0 heterocycles. The highest BCUT2D eigenvalue weighted by molar-refractivity contribution is 5.90. The Kier molecular flexibility index (Phi) is 3.93. The van der Waals surface area contributed by atoms with Crippen LogP contribution in [0, 0.1) is 6.92 Å². The van der Waals surface area contributed by atoms with Crippen LogP contribution in [0.5, 0.6) is 0 Å². The molecule has 0 aliphatic rings. The molecule has 0 aliphatic carbocycles. The molecule has 0 radical (unpaired) electrons. The van der Waals surface area contributed by atoms with Crippen molar-refractivity contribution in [3.63, 3.8) is 0 Å². The molecule has 1 N–H and O–H groups in total. The molecule has 0 aliphatic heterocycles. The van der Waals surface area contributed by atoms with Crippen molar-refractivity contribution < 1.29 is 4.79 Å². The molecule has 0 saturated heterocycles. The Labute approximate surface area is 120 Å². The van der Waals surface area contributed by atoms with Crippen molar-refractivity contribution in [3.05, 3.63) is 65.2 Å². The number of nitrogens with one attached hydrogen (secondary N) is 1. The summed E-state index contributed by atoms with van der Waals surface area (Å²) in [5.41, 5.74) is 4.29. The molecule has 0 bridgehead atoms. The van der Waals surface area contributed by atoms with E-state index >= 15 is 0 Å². The SMILES string of the molecule is CC(=O)Nc1ccc(C)cc1C(C)(C)c1ccccc1. The maximum atomic E-state index is 11.4. The average molecular weight is 267 g/mol. The lowest BCUT2D eigenvalue weighted by molar-refractivity contribution is -0.114. The highest BCUT2D eigenvalue weighted by Crippen LogP contribution is 2.36. The molecule has 0 saturated carbocycles. The molecule has 0 unspecified atom stereocenters. The minimum absolute atomic E-state index is 0.0426. The van der Waals surface area contributed by atoms with Gasteiger partial charge in [-0.2, -0.15) is 0 Å². The first-order valence-corrected chi connectivity index (χ1v) is 6.85. The summed E-state index contributed by atoms with van der Waals surface area (Å²) in [6, 6.07) is 16.5. The van der Waals surface area contributed by atoms with Crippen LogP contribution in [0.4, 0.5) is 5.69 Å². The summed E-state index contributed by atoms with van der Waals surface area (Å²) in [6.45, 7) is 7.98. The fraction of sp³-hybridized carbons (Fsp3) is 0.278. The number of rotatable bonds is 3. The molecule has 0 spiro atoms. The van der Waals surface area contributed by atoms with E-state index in [1.807, 2.05) is 30.3 Å². The second kappa shape index (κ2) is 5.49. The van der Waals surface area contributed by atoms with Gasteiger partial charge >= 0.3 is 0 Å². The Morgan fingerprint density at radius 3 is 2.30 bits per heavy atom. The van der Waals surface area contributed by atoms with Crippen LogP contribution in [-0.4, -0.2) is 5.91 Å². The molecule has 0 fully saturated rings. The van der Waals surface area contributed by atoms with E-state index in [0.29, 0.717) is 0 Å². The van der Waals surface area contributed by atoms with Gasteiger partial charge in [-0.25, -0.2) is 0 Å². The quantitative estimate of drug-likeness (QED) is 0.883. The third-order valence-electron chi connectivity index (χ3n) is 3.65. The minimum atomic E-state index is -0.162. The first-order chi connectivity index (χ1) is 9.41. The number of anilines is 1. The first kappa shape index (κ1) is 14.3. The second-order valence-corrected chi connectivity index (χ2v) is 5.72. The summed E-state index contributed by atoms with van der Waals surface area (Å²) in [6.07, 6.45) is 0. The van der Waals surface area contributed by atoms with E-state index in [9.17, 15) is 4.79 Å². The van der Waals surface area contributed by atoms with Gasteiger partial charge in [-0.1, -0.05) is 61.9 Å². The molecular formula is C18H21NO. The number of carbonyl (C=O) groups excluding carboxylic acids is 1. The molecular weight excluding hydrogens is 246 g/mol. The van der Waals surface area contributed by atoms with Crippen LogP contribution < -0.4 is 5.32 Å². The third-order valence-corrected chi connectivity index (χ3v) is 3.65. The van der Waals surface area contributed by atoms with E-state index in [2.05, 4.69) is 44.3 Å². The molecule has 2 aromatic carbocycles. The summed E-state index contributed by atoms with van der Waals surface area (Å²) in [5, 5.41) is 2.94. The minimum Gasteiger partial charge on any atom is -0.326 e. The topological polar surface area (TPSA) is 29.1 Å². The zero-order valence-electron chi connectivity index (χ0n) is 12.5. The number of amides is 1. The van der Waals surface area contributed by atoms with Gasteiger partial charge in [-0.15, -0.1) is 0 Å². The molecule has 104 valence electrons. The van der Waals surface area contributed by atoms with Crippen molar-refractivity contribution in [2.45, 2.75) is 33.1 Å². The van der Waals surface area contributed by atoms with Crippen LogP contribution in [0.1, 0.15) is 37.5 Å². The molecule has 2 heteroatoms. The molecule has 0 aromatic heterocycles. The van der Waals surface area contributed by atoms with Crippen LogP contribution >= 0.6 is 0 Å². The van der Waals surface area contributed by atoms with E-state index in [4.69, 9.17) is 0 Å². The molecule has 2 aromatic rings. The molecule has 0 atom stereocenters. The van der Waals surface area contributed by atoms with Crippen molar-refractivity contribution in [2.24, 2.45) is 0 Å². The number of hydrogen-bond acceptors (Lipinski definition) is 1. The van der Waals surface area contributed by atoms with Crippen molar-refractivity contribution in [1.29, 1.82) is 0 Å². The second-order valence-electron chi connectivity index (χ2n) is 5.72. The van der Waals surface area contributed by atoms with Crippen molar-refractivity contribution >= 4 is 11.6 Å². The van der Waals surface area contributed by atoms with E-state index in [0.717, 1.165) is 11.3 Å². The maximum Gasteiger partial charge on any atom is 0.221 e. The third kappa shape index (κ3) is 2.90. The smallest absolute Gasteiger partial charge is 0.221 e. The Bertz CT molecular complexity index is 615. The highest BCUT2D eigenvalue weighted by atomic mass is 16.1. The lowest BCUT2D eigenvalue weighted by Crippen LogP contribution is -2.22. The lowest BCUT2D eigenvalue weighted by Gasteiger charge is -2.29. The zero-order chi connectivity index (χ0) is 14.8. The summed E-state index contributed by atoms with van der Waals surface area (Å²) < 4.78 is 0. The largest absolute Gasteiger partial charge is 0.326 e. The van der Waals surface area contributed by atoms with Crippen molar-refractivity contribution in [3.8, 4) is 0 Å². The van der Waals surface area contributed by atoms with Crippen LogP contribution in [0.25, 0.3) is 0 Å². The number of benzene rings is 2. The molecule has 2 nitrogen and oxygen atoms in total. The average Bonchev–Trinajstić information content (AvgIpc) is 2.41. The lowest BCUT2D eigenvalue weighted by atomic mass is 9.77. The number of hydrogen-bond donors (Lipinski definition) is 1. The highest BCUT2D eigenvalue weighted by Gasteiger charge is 2.26.